The van der Waals surface area contributed by atoms with Gasteiger partial charge in [0.2, 0.25) is 5.91 Å². The normalized spacial score (nSPS) is 16.8. The van der Waals surface area contributed by atoms with Gasteiger partial charge in [0.1, 0.15) is 12.6 Å². The second-order valence-corrected chi connectivity index (χ2v) is 7.24. The lowest BCUT2D eigenvalue weighted by molar-refractivity contribution is -0.130. The fourth-order valence-electron chi connectivity index (χ4n) is 2.93. The molecule has 2 aromatic carbocycles. The molecular weight excluding hydrogens is 362 g/mol. The number of rotatable bonds is 5. The molecule has 1 heterocycles. The number of nitrogens with one attached hydrogen (secondary N) is 1. The number of benzene rings is 2. The van der Waals surface area contributed by atoms with Crippen molar-refractivity contribution < 1.29 is 14.4 Å². The number of hydrogen-bond donors (Lipinski definition) is 1. The Morgan fingerprint density at radius 2 is 1.70 bits per heavy atom. The van der Waals surface area contributed by atoms with E-state index in [2.05, 4.69) is 5.32 Å². The molecule has 1 aliphatic heterocycles. The van der Waals surface area contributed by atoms with Crippen LogP contribution in [0.3, 0.4) is 0 Å². The van der Waals surface area contributed by atoms with E-state index in [9.17, 15) is 14.4 Å². The first-order chi connectivity index (χ1) is 12.9. The van der Waals surface area contributed by atoms with Gasteiger partial charge in [0.05, 0.1) is 0 Å². The molecule has 1 N–H and O–H groups in total. The molecule has 140 valence electrons. The minimum atomic E-state index is -0.645. The summed E-state index contributed by atoms with van der Waals surface area (Å²) in [6.07, 6.45) is 1.97. The lowest BCUT2D eigenvalue weighted by Crippen LogP contribution is -2.39. The van der Waals surface area contributed by atoms with Crippen molar-refractivity contribution in [1.82, 2.24) is 4.90 Å². The minimum absolute atomic E-state index is 0.311. The Balaban J connectivity index is 1.70. The highest BCUT2D eigenvalue weighted by atomic mass is 32.2. The topological polar surface area (TPSA) is 69.7 Å². The third-order valence-electron chi connectivity index (χ3n) is 4.44. The third kappa shape index (κ3) is 3.98. The summed E-state index contributed by atoms with van der Waals surface area (Å²) in [6.45, 7) is 3.31. The van der Waals surface area contributed by atoms with Crippen LogP contribution in [0, 0.1) is 6.92 Å². The number of amides is 4. The molecule has 4 amide bonds. The van der Waals surface area contributed by atoms with Crippen LogP contribution in [0.2, 0.25) is 0 Å². The molecule has 1 fully saturated rings. The van der Waals surface area contributed by atoms with E-state index in [0.29, 0.717) is 11.4 Å². The van der Waals surface area contributed by atoms with Gasteiger partial charge >= 0.3 is 6.03 Å². The number of anilines is 2. The molecule has 3 rings (SSSR count). The Bertz CT molecular complexity index is 865. The molecule has 7 heteroatoms. The first kappa shape index (κ1) is 19.0. The van der Waals surface area contributed by atoms with E-state index in [4.69, 9.17) is 0 Å². The van der Waals surface area contributed by atoms with Crippen molar-refractivity contribution in [2.75, 3.05) is 23.0 Å². The Morgan fingerprint density at radius 1 is 1.07 bits per heavy atom. The maximum Gasteiger partial charge on any atom is 0.332 e. The fraction of sp³-hybridized carbons (Fsp3) is 0.250. The van der Waals surface area contributed by atoms with E-state index in [0.717, 1.165) is 15.4 Å². The second-order valence-electron chi connectivity index (χ2n) is 6.37. The molecule has 2 aromatic rings. The first-order valence-corrected chi connectivity index (χ1v) is 9.78. The molecule has 1 atom stereocenters. The van der Waals surface area contributed by atoms with Crippen LogP contribution in [0.1, 0.15) is 12.5 Å². The average Bonchev–Trinajstić information content (AvgIpc) is 2.87. The summed E-state index contributed by atoms with van der Waals surface area (Å²) in [5.41, 5.74) is 2.33. The highest BCUT2D eigenvalue weighted by Crippen LogP contribution is 2.26. The summed E-state index contributed by atoms with van der Waals surface area (Å²) >= 11 is 1.61. The lowest BCUT2D eigenvalue weighted by atomic mass is 10.2. The Kier molecular flexibility index (Phi) is 5.51. The molecule has 0 radical (unpaired) electrons. The molecule has 0 saturated carbocycles. The van der Waals surface area contributed by atoms with Gasteiger partial charge in [-0.2, -0.15) is 0 Å². The van der Waals surface area contributed by atoms with Gasteiger partial charge in [-0.15, -0.1) is 11.8 Å². The standard InChI is InChI=1S/C20H21N3O3S/c1-13-4-8-16(9-5-13)23-14(2)19(25)22(20(23)26)12-18(24)21-15-6-10-17(27-3)11-7-15/h4-11,14H,12H2,1-3H3,(H,21,24). The SMILES string of the molecule is CSc1ccc(NC(=O)CN2C(=O)C(C)N(c3ccc(C)cc3)C2=O)cc1. The van der Waals surface area contributed by atoms with E-state index < -0.39 is 18.0 Å². The molecule has 27 heavy (non-hydrogen) atoms. The third-order valence-corrected chi connectivity index (χ3v) is 5.18. The van der Waals surface area contributed by atoms with Gasteiger partial charge in [-0.25, -0.2) is 4.79 Å². The van der Waals surface area contributed by atoms with Crippen molar-refractivity contribution in [3.63, 3.8) is 0 Å². The predicted molar refractivity (Wildman–Crippen MR) is 107 cm³/mol. The second kappa shape index (κ2) is 7.84. The van der Waals surface area contributed by atoms with E-state index in [-0.39, 0.29) is 12.5 Å². The summed E-state index contributed by atoms with van der Waals surface area (Å²) in [6, 6.07) is 13.6. The van der Waals surface area contributed by atoms with Gasteiger partial charge < -0.3 is 5.32 Å². The average molecular weight is 383 g/mol. The summed E-state index contributed by atoms with van der Waals surface area (Å²) in [4.78, 5) is 41.1. The molecule has 1 unspecified atom stereocenters. The number of carbonyl (C=O) groups is 3. The number of urea groups is 1. The Hall–Kier alpha value is -2.80. The molecular formula is C20H21N3O3S. The van der Waals surface area contributed by atoms with Crippen molar-refractivity contribution >= 4 is 41.0 Å². The number of aryl methyl sites for hydroxylation is 1. The van der Waals surface area contributed by atoms with E-state index >= 15 is 0 Å². The highest BCUT2D eigenvalue weighted by Gasteiger charge is 2.43. The van der Waals surface area contributed by atoms with Crippen molar-refractivity contribution in [3.8, 4) is 0 Å². The van der Waals surface area contributed by atoms with Gasteiger partial charge in [0.15, 0.2) is 0 Å². The van der Waals surface area contributed by atoms with Crippen LogP contribution in [0.25, 0.3) is 0 Å². The van der Waals surface area contributed by atoms with Crippen molar-refractivity contribution in [1.29, 1.82) is 0 Å². The van der Waals surface area contributed by atoms with Crippen molar-refractivity contribution in [3.05, 3.63) is 54.1 Å². The molecule has 1 aliphatic rings. The van der Waals surface area contributed by atoms with E-state index in [1.165, 1.54) is 4.90 Å². The molecule has 0 aliphatic carbocycles. The van der Waals surface area contributed by atoms with Crippen LogP contribution in [-0.2, 0) is 9.59 Å². The minimum Gasteiger partial charge on any atom is -0.325 e. The monoisotopic (exact) mass is 383 g/mol. The molecule has 0 aromatic heterocycles. The Morgan fingerprint density at radius 3 is 2.30 bits per heavy atom. The van der Waals surface area contributed by atoms with Gasteiger partial charge in [0, 0.05) is 16.3 Å². The van der Waals surface area contributed by atoms with Crippen LogP contribution in [0.4, 0.5) is 16.2 Å². The quantitative estimate of drug-likeness (QED) is 0.634. The van der Waals surface area contributed by atoms with Crippen LogP contribution in [0.15, 0.2) is 53.4 Å². The lowest BCUT2D eigenvalue weighted by Gasteiger charge is -2.19. The molecule has 1 saturated heterocycles. The maximum atomic E-state index is 12.7. The zero-order chi connectivity index (χ0) is 19.6. The number of nitrogens with zero attached hydrogens (tertiary/aromatic N) is 2. The zero-order valence-electron chi connectivity index (χ0n) is 15.4. The number of imide groups is 1. The molecule has 0 spiro atoms. The van der Waals surface area contributed by atoms with Crippen LogP contribution >= 0.6 is 11.8 Å². The number of carbonyl (C=O) groups excluding carboxylic acids is 3. The van der Waals surface area contributed by atoms with E-state index in [1.807, 2.05) is 37.4 Å². The fourth-order valence-corrected chi connectivity index (χ4v) is 3.34. The first-order valence-electron chi connectivity index (χ1n) is 8.56. The summed E-state index contributed by atoms with van der Waals surface area (Å²) < 4.78 is 0. The predicted octanol–water partition coefficient (Wildman–Crippen LogP) is 3.51. The smallest absolute Gasteiger partial charge is 0.325 e. The largest absolute Gasteiger partial charge is 0.332 e. The van der Waals surface area contributed by atoms with Crippen LogP contribution in [0.5, 0.6) is 0 Å². The van der Waals surface area contributed by atoms with Crippen molar-refractivity contribution in [2.24, 2.45) is 0 Å². The van der Waals surface area contributed by atoms with Crippen LogP contribution < -0.4 is 10.2 Å². The molecule has 0 bridgehead atoms. The number of thioether (sulfide) groups is 1. The van der Waals surface area contributed by atoms with Crippen LogP contribution in [-0.4, -0.2) is 41.6 Å². The van der Waals surface area contributed by atoms with E-state index in [1.54, 1.807) is 43.0 Å². The van der Waals surface area contributed by atoms with Gasteiger partial charge in [-0.1, -0.05) is 17.7 Å². The summed E-state index contributed by atoms with van der Waals surface area (Å²) in [5, 5.41) is 2.73. The summed E-state index contributed by atoms with van der Waals surface area (Å²) in [5.74, 6) is -0.792. The summed E-state index contributed by atoms with van der Waals surface area (Å²) in [7, 11) is 0. The maximum absolute atomic E-state index is 12.7. The van der Waals surface area contributed by atoms with Crippen molar-refractivity contribution in [2.45, 2.75) is 24.8 Å². The Labute approximate surface area is 162 Å². The highest BCUT2D eigenvalue weighted by molar-refractivity contribution is 7.98. The van der Waals surface area contributed by atoms with Gasteiger partial charge in [0.25, 0.3) is 5.91 Å². The molecule has 6 nitrogen and oxygen atoms in total. The zero-order valence-corrected chi connectivity index (χ0v) is 16.2. The van der Waals surface area contributed by atoms with Gasteiger partial charge in [-0.05, 0) is 56.5 Å². The van der Waals surface area contributed by atoms with Gasteiger partial charge in [-0.3, -0.25) is 19.4 Å². The number of hydrogen-bond acceptors (Lipinski definition) is 4.